The summed E-state index contributed by atoms with van der Waals surface area (Å²) in [5, 5.41) is 13.4. The standard InChI is InChI=1S/C15H31NO2/c1-5-10-16-11-15(4,17)12-18-13-6-8-14(2,3)9-7-13/h13,16-17H,5-12H2,1-4H3. The zero-order valence-electron chi connectivity index (χ0n) is 12.6. The molecule has 0 aromatic heterocycles. The molecule has 0 radical (unpaired) electrons. The van der Waals surface area contributed by atoms with Crippen molar-refractivity contribution in [3.05, 3.63) is 0 Å². The van der Waals surface area contributed by atoms with E-state index in [4.69, 9.17) is 4.74 Å². The largest absolute Gasteiger partial charge is 0.386 e. The maximum atomic E-state index is 10.2. The van der Waals surface area contributed by atoms with E-state index in [1.54, 1.807) is 0 Å². The highest BCUT2D eigenvalue weighted by atomic mass is 16.5. The van der Waals surface area contributed by atoms with Crippen molar-refractivity contribution < 1.29 is 9.84 Å². The summed E-state index contributed by atoms with van der Waals surface area (Å²) in [6, 6.07) is 0. The highest BCUT2D eigenvalue weighted by Crippen LogP contribution is 2.36. The van der Waals surface area contributed by atoms with Gasteiger partial charge in [0.05, 0.1) is 18.3 Å². The van der Waals surface area contributed by atoms with Crippen LogP contribution in [-0.4, -0.2) is 36.5 Å². The third-order valence-electron chi connectivity index (χ3n) is 3.85. The van der Waals surface area contributed by atoms with E-state index < -0.39 is 5.60 Å². The van der Waals surface area contributed by atoms with Gasteiger partial charge >= 0.3 is 0 Å². The van der Waals surface area contributed by atoms with Crippen molar-refractivity contribution in [3.8, 4) is 0 Å². The molecule has 0 amide bonds. The molecule has 3 nitrogen and oxygen atoms in total. The topological polar surface area (TPSA) is 41.5 Å². The third-order valence-corrected chi connectivity index (χ3v) is 3.85. The lowest BCUT2D eigenvalue weighted by molar-refractivity contribution is -0.0777. The van der Waals surface area contributed by atoms with Crippen molar-refractivity contribution in [3.63, 3.8) is 0 Å². The molecule has 0 aliphatic heterocycles. The summed E-state index contributed by atoms with van der Waals surface area (Å²) < 4.78 is 5.88. The lowest BCUT2D eigenvalue weighted by Gasteiger charge is -2.35. The number of aliphatic hydroxyl groups is 1. The summed E-state index contributed by atoms with van der Waals surface area (Å²) >= 11 is 0. The molecule has 1 aliphatic carbocycles. The summed E-state index contributed by atoms with van der Waals surface area (Å²) in [5.74, 6) is 0. The van der Waals surface area contributed by atoms with Crippen LogP contribution < -0.4 is 5.32 Å². The first-order valence-electron chi connectivity index (χ1n) is 7.39. The Bertz CT molecular complexity index is 229. The van der Waals surface area contributed by atoms with Crippen LogP contribution in [0.25, 0.3) is 0 Å². The summed E-state index contributed by atoms with van der Waals surface area (Å²) in [6.45, 7) is 10.6. The Balaban J connectivity index is 2.20. The van der Waals surface area contributed by atoms with E-state index in [9.17, 15) is 5.11 Å². The van der Waals surface area contributed by atoms with Crippen LogP contribution in [0.2, 0.25) is 0 Å². The van der Waals surface area contributed by atoms with Gasteiger partial charge in [0.1, 0.15) is 0 Å². The predicted octanol–water partition coefficient (Wildman–Crippen LogP) is 2.72. The van der Waals surface area contributed by atoms with Gasteiger partial charge in [-0.1, -0.05) is 20.8 Å². The Hall–Kier alpha value is -0.120. The van der Waals surface area contributed by atoms with Crippen LogP contribution in [0.4, 0.5) is 0 Å². The molecule has 0 bridgehead atoms. The predicted molar refractivity (Wildman–Crippen MR) is 75.8 cm³/mol. The monoisotopic (exact) mass is 257 g/mol. The molecule has 0 aromatic rings. The second kappa shape index (κ2) is 6.88. The first-order valence-corrected chi connectivity index (χ1v) is 7.39. The fraction of sp³-hybridized carbons (Fsp3) is 1.00. The van der Waals surface area contributed by atoms with E-state index in [2.05, 4.69) is 26.1 Å². The molecule has 1 atom stereocenters. The minimum atomic E-state index is -0.748. The molecule has 108 valence electrons. The number of ether oxygens (including phenoxy) is 1. The first-order chi connectivity index (χ1) is 8.35. The molecular weight excluding hydrogens is 226 g/mol. The maximum absolute atomic E-state index is 10.2. The van der Waals surface area contributed by atoms with Gasteiger partial charge < -0.3 is 15.2 Å². The molecule has 1 fully saturated rings. The van der Waals surface area contributed by atoms with Crippen molar-refractivity contribution in [2.75, 3.05) is 19.7 Å². The summed E-state index contributed by atoms with van der Waals surface area (Å²) in [6.07, 6.45) is 6.16. The molecule has 0 spiro atoms. The molecule has 1 unspecified atom stereocenters. The molecule has 1 aliphatic rings. The SMILES string of the molecule is CCCNCC(C)(O)COC1CCC(C)(C)CC1. The van der Waals surface area contributed by atoms with E-state index >= 15 is 0 Å². The van der Waals surface area contributed by atoms with Crippen LogP contribution in [0, 0.1) is 5.41 Å². The molecule has 2 N–H and O–H groups in total. The number of rotatable bonds is 7. The minimum absolute atomic E-state index is 0.343. The smallest absolute Gasteiger partial charge is 0.0975 e. The average molecular weight is 257 g/mol. The Morgan fingerprint density at radius 1 is 1.33 bits per heavy atom. The van der Waals surface area contributed by atoms with E-state index in [1.807, 2.05) is 6.92 Å². The lowest BCUT2D eigenvalue weighted by atomic mass is 9.76. The Morgan fingerprint density at radius 2 is 1.94 bits per heavy atom. The van der Waals surface area contributed by atoms with Gasteiger partial charge in [-0.2, -0.15) is 0 Å². The van der Waals surface area contributed by atoms with Gasteiger partial charge in [-0.3, -0.25) is 0 Å². The van der Waals surface area contributed by atoms with Gasteiger partial charge in [-0.25, -0.2) is 0 Å². The normalized spacial score (nSPS) is 23.8. The minimum Gasteiger partial charge on any atom is -0.386 e. The van der Waals surface area contributed by atoms with Crippen molar-refractivity contribution in [1.82, 2.24) is 5.32 Å². The highest BCUT2D eigenvalue weighted by Gasteiger charge is 2.29. The summed E-state index contributed by atoms with van der Waals surface area (Å²) in [5.41, 5.74) is -0.271. The van der Waals surface area contributed by atoms with Gasteiger partial charge in [-0.15, -0.1) is 0 Å². The van der Waals surface area contributed by atoms with Gasteiger partial charge in [-0.05, 0) is 51.0 Å². The van der Waals surface area contributed by atoms with Crippen LogP contribution >= 0.6 is 0 Å². The molecule has 1 saturated carbocycles. The number of nitrogens with one attached hydrogen (secondary N) is 1. The quantitative estimate of drug-likeness (QED) is 0.689. The van der Waals surface area contributed by atoms with Crippen molar-refractivity contribution >= 4 is 0 Å². The fourth-order valence-corrected chi connectivity index (χ4v) is 2.42. The van der Waals surface area contributed by atoms with E-state index in [0.717, 1.165) is 25.8 Å². The molecule has 0 saturated heterocycles. The van der Waals surface area contributed by atoms with E-state index in [-0.39, 0.29) is 0 Å². The van der Waals surface area contributed by atoms with E-state index in [1.165, 1.54) is 12.8 Å². The Kier molecular flexibility index (Phi) is 6.09. The lowest BCUT2D eigenvalue weighted by Crippen LogP contribution is -2.43. The Labute approximate surface area is 112 Å². The average Bonchev–Trinajstić information content (AvgIpc) is 2.28. The molecule has 3 heteroatoms. The second-order valence-electron chi connectivity index (χ2n) is 6.85. The summed E-state index contributed by atoms with van der Waals surface area (Å²) in [4.78, 5) is 0. The van der Waals surface area contributed by atoms with Crippen molar-refractivity contribution in [2.24, 2.45) is 5.41 Å². The van der Waals surface area contributed by atoms with Crippen LogP contribution in [0.5, 0.6) is 0 Å². The van der Waals surface area contributed by atoms with Gasteiger partial charge in [0.25, 0.3) is 0 Å². The van der Waals surface area contributed by atoms with Gasteiger partial charge in [0, 0.05) is 6.54 Å². The number of hydrogen-bond donors (Lipinski definition) is 2. The van der Waals surface area contributed by atoms with E-state index in [0.29, 0.717) is 24.7 Å². The van der Waals surface area contributed by atoms with Crippen LogP contribution in [-0.2, 0) is 4.74 Å². The van der Waals surface area contributed by atoms with Gasteiger partial charge in [0.2, 0.25) is 0 Å². The fourth-order valence-electron chi connectivity index (χ4n) is 2.42. The third kappa shape index (κ3) is 6.17. The number of hydrogen-bond acceptors (Lipinski definition) is 3. The molecule has 18 heavy (non-hydrogen) atoms. The van der Waals surface area contributed by atoms with Gasteiger partial charge in [0.15, 0.2) is 0 Å². The van der Waals surface area contributed by atoms with Crippen molar-refractivity contribution in [2.45, 2.75) is 71.5 Å². The molecule has 0 heterocycles. The highest BCUT2D eigenvalue weighted by molar-refractivity contribution is 4.81. The molecule has 0 aromatic carbocycles. The molecular formula is C15H31NO2. The van der Waals surface area contributed by atoms with Crippen LogP contribution in [0.3, 0.4) is 0 Å². The zero-order chi connectivity index (χ0) is 13.6. The van der Waals surface area contributed by atoms with Crippen molar-refractivity contribution in [1.29, 1.82) is 0 Å². The Morgan fingerprint density at radius 3 is 2.50 bits per heavy atom. The molecule has 1 rings (SSSR count). The maximum Gasteiger partial charge on any atom is 0.0975 e. The second-order valence-corrected chi connectivity index (χ2v) is 6.85. The van der Waals surface area contributed by atoms with Crippen LogP contribution in [0.15, 0.2) is 0 Å². The van der Waals surface area contributed by atoms with Crippen LogP contribution in [0.1, 0.15) is 59.8 Å². The zero-order valence-corrected chi connectivity index (χ0v) is 12.6. The summed E-state index contributed by atoms with van der Waals surface area (Å²) in [7, 11) is 0. The first kappa shape index (κ1) is 15.9.